The molecule has 7 heteroatoms. The molecular weight excluding hydrogens is 269 g/mol. The van der Waals surface area contributed by atoms with Gasteiger partial charge in [0.25, 0.3) is 0 Å². The van der Waals surface area contributed by atoms with Crippen LogP contribution in [0.5, 0.6) is 0 Å². The van der Waals surface area contributed by atoms with Crippen LogP contribution in [0, 0.1) is 17.5 Å². The van der Waals surface area contributed by atoms with Gasteiger partial charge in [-0.05, 0) is 19.3 Å². The third-order valence-corrected chi connectivity index (χ3v) is 3.53. The molecule has 0 amide bonds. The zero-order valence-electron chi connectivity index (χ0n) is 10.7. The molecule has 0 bridgehead atoms. The molecule has 0 spiro atoms. The lowest BCUT2D eigenvalue weighted by molar-refractivity contribution is 0.489. The molecule has 1 fully saturated rings. The van der Waals surface area contributed by atoms with Crippen LogP contribution in [0.1, 0.15) is 19.3 Å². The maximum Gasteiger partial charge on any atom is 0.220 e. The number of piperidine rings is 1. The molecule has 0 radical (unpaired) electrons. The number of fused-ring (bicyclic) bond motifs is 1. The van der Waals surface area contributed by atoms with Crippen molar-refractivity contribution in [2.45, 2.75) is 19.3 Å². The second-order valence-electron chi connectivity index (χ2n) is 4.83. The molecule has 1 aromatic heterocycles. The Morgan fingerprint density at radius 1 is 1.00 bits per heavy atom. The Morgan fingerprint density at radius 3 is 2.40 bits per heavy atom. The van der Waals surface area contributed by atoms with Gasteiger partial charge < -0.3 is 10.6 Å². The van der Waals surface area contributed by atoms with Gasteiger partial charge in [0.05, 0.1) is 5.39 Å². The second-order valence-corrected chi connectivity index (χ2v) is 4.83. The van der Waals surface area contributed by atoms with E-state index < -0.39 is 17.5 Å². The normalized spacial score (nSPS) is 15.8. The summed E-state index contributed by atoms with van der Waals surface area (Å²) in [5.74, 6) is -3.38. The summed E-state index contributed by atoms with van der Waals surface area (Å²) in [6.07, 6.45) is 3.65. The van der Waals surface area contributed by atoms with Gasteiger partial charge in [-0.25, -0.2) is 23.1 Å². The maximum absolute atomic E-state index is 14.5. The van der Waals surface area contributed by atoms with Crippen LogP contribution >= 0.6 is 0 Å². The van der Waals surface area contributed by atoms with E-state index >= 15 is 0 Å². The van der Waals surface area contributed by atoms with Crippen LogP contribution < -0.4 is 10.6 Å². The molecular formula is C13H13F3N4. The lowest BCUT2D eigenvalue weighted by Crippen LogP contribution is -2.31. The second kappa shape index (κ2) is 4.81. The number of nitrogens with two attached hydrogens (primary N) is 1. The van der Waals surface area contributed by atoms with Crippen LogP contribution in [-0.4, -0.2) is 23.1 Å². The molecule has 1 saturated heterocycles. The van der Waals surface area contributed by atoms with Gasteiger partial charge in [-0.2, -0.15) is 0 Å². The number of anilines is 2. The first-order valence-electron chi connectivity index (χ1n) is 6.43. The Morgan fingerprint density at radius 2 is 1.70 bits per heavy atom. The van der Waals surface area contributed by atoms with Gasteiger partial charge in [0.15, 0.2) is 17.5 Å². The van der Waals surface area contributed by atoms with E-state index in [0.717, 1.165) is 25.5 Å². The molecule has 0 unspecified atom stereocenters. The van der Waals surface area contributed by atoms with Crippen molar-refractivity contribution < 1.29 is 13.2 Å². The third kappa shape index (κ3) is 1.93. The van der Waals surface area contributed by atoms with E-state index in [0.29, 0.717) is 13.1 Å². The van der Waals surface area contributed by atoms with E-state index in [1.54, 1.807) is 0 Å². The van der Waals surface area contributed by atoms with Crippen LogP contribution in [0.4, 0.5) is 24.8 Å². The summed E-state index contributed by atoms with van der Waals surface area (Å²) in [6, 6.07) is 0. The van der Waals surface area contributed by atoms with Crippen LogP contribution in [-0.2, 0) is 0 Å². The largest absolute Gasteiger partial charge is 0.368 e. The number of aromatic nitrogens is 2. The highest BCUT2D eigenvalue weighted by atomic mass is 19.2. The minimum atomic E-state index is -1.19. The number of rotatable bonds is 1. The van der Waals surface area contributed by atoms with E-state index in [-0.39, 0.29) is 22.5 Å². The van der Waals surface area contributed by atoms with Crippen LogP contribution in [0.15, 0.2) is 6.20 Å². The summed E-state index contributed by atoms with van der Waals surface area (Å²) < 4.78 is 42.7. The molecule has 3 rings (SSSR count). The molecule has 1 aromatic carbocycles. The fourth-order valence-corrected chi connectivity index (χ4v) is 2.55. The average Bonchev–Trinajstić information content (AvgIpc) is 2.46. The molecule has 0 saturated carbocycles. The van der Waals surface area contributed by atoms with Crippen molar-refractivity contribution in [3.63, 3.8) is 0 Å². The van der Waals surface area contributed by atoms with Crippen molar-refractivity contribution >= 4 is 22.5 Å². The average molecular weight is 282 g/mol. The Kier molecular flexibility index (Phi) is 3.11. The van der Waals surface area contributed by atoms with E-state index in [9.17, 15) is 13.2 Å². The predicted molar refractivity (Wildman–Crippen MR) is 69.9 cm³/mol. The fourth-order valence-electron chi connectivity index (χ4n) is 2.55. The summed E-state index contributed by atoms with van der Waals surface area (Å²) in [5.41, 5.74) is 4.76. The minimum absolute atomic E-state index is 0.174. The molecule has 106 valence electrons. The molecule has 2 N–H and O–H groups in total. The quantitative estimate of drug-likeness (QED) is 0.817. The van der Waals surface area contributed by atoms with Crippen molar-refractivity contribution in [3.05, 3.63) is 23.6 Å². The van der Waals surface area contributed by atoms with Crippen molar-refractivity contribution in [3.8, 4) is 0 Å². The Hall–Kier alpha value is -2.05. The van der Waals surface area contributed by atoms with Crippen molar-refractivity contribution in [2.24, 2.45) is 0 Å². The molecule has 2 aromatic rings. The number of nitrogens with zero attached hydrogens (tertiary/aromatic N) is 3. The third-order valence-electron chi connectivity index (χ3n) is 3.53. The van der Waals surface area contributed by atoms with E-state index in [1.807, 2.05) is 0 Å². The van der Waals surface area contributed by atoms with Crippen molar-refractivity contribution in [1.29, 1.82) is 0 Å². The highest BCUT2D eigenvalue weighted by Gasteiger charge is 2.26. The van der Waals surface area contributed by atoms with Gasteiger partial charge in [0, 0.05) is 19.3 Å². The van der Waals surface area contributed by atoms with Crippen molar-refractivity contribution in [1.82, 2.24) is 9.97 Å². The summed E-state index contributed by atoms with van der Waals surface area (Å²) in [6.45, 7) is 0.999. The van der Waals surface area contributed by atoms with Crippen molar-refractivity contribution in [2.75, 3.05) is 23.7 Å². The number of halogens is 3. The minimum Gasteiger partial charge on any atom is -0.368 e. The first-order chi connectivity index (χ1) is 9.59. The Bertz CT molecular complexity index is 668. The maximum atomic E-state index is 14.5. The molecule has 1 aliphatic heterocycles. The smallest absolute Gasteiger partial charge is 0.220 e. The standard InChI is InChI=1S/C13H13F3N4/c14-8-7-6-18-13(17)19-11(7)10(16)12(9(8)15)20-4-2-1-3-5-20/h6H,1-5H2,(H2,17,18,19). The Balaban J connectivity index is 2.25. The highest BCUT2D eigenvalue weighted by molar-refractivity contribution is 5.84. The molecule has 2 heterocycles. The number of hydrogen-bond acceptors (Lipinski definition) is 4. The summed E-state index contributed by atoms with van der Waals surface area (Å²) >= 11 is 0. The molecule has 1 aliphatic rings. The van der Waals surface area contributed by atoms with Crippen LogP contribution in [0.25, 0.3) is 10.9 Å². The van der Waals surface area contributed by atoms with E-state index in [4.69, 9.17) is 5.73 Å². The monoisotopic (exact) mass is 282 g/mol. The molecule has 20 heavy (non-hydrogen) atoms. The van der Waals surface area contributed by atoms with Gasteiger partial charge in [0.2, 0.25) is 5.95 Å². The fraction of sp³-hybridized carbons (Fsp3) is 0.385. The van der Waals surface area contributed by atoms with Gasteiger partial charge in [-0.3, -0.25) is 0 Å². The number of hydrogen-bond donors (Lipinski definition) is 1. The lowest BCUT2D eigenvalue weighted by atomic mass is 10.1. The molecule has 0 aliphatic carbocycles. The zero-order chi connectivity index (χ0) is 14.3. The lowest BCUT2D eigenvalue weighted by Gasteiger charge is -2.29. The summed E-state index contributed by atoms with van der Waals surface area (Å²) in [4.78, 5) is 8.79. The van der Waals surface area contributed by atoms with Gasteiger partial charge >= 0.3 is 0 Å². The molecule has 0 atom stereocenters. The molecule has 4 nitrogen and oxygen atoms in total. The van der Waals surface area contributed by atoms with Crippen LogP contribution in [0.3, 0.4) is 0 Å². The predicted octanol–water partition coefficient (Wildman–Crippen LogP) is 2.62. The first-order valence-corrected chi connectivity index (χ1v) is 6.43. The highest BCUT2D eigenvalue weighted by Crippen LogP contribution is 2.33. The van der Waals surface area contributed by atoms with Crippen LogP contribution in [0.2, 0.25) is 0 Å². The topological polar surface area (TPSA) is 55.0 Å². The zero-order valence-corrected chi connectivity index (χ0v) is 10.7. The number of benzene rings is 1. The van der Waals surface area contributed by atoms with Gasteiger partial charge in [-0.15, -0.1) is 0 Å². The van der Waals surface area contributed by atoms with Gasteiger partial charge in [0.1, 0.15) is 11.2 Å². The van der Waals surface area contributed by atoms with Gasteiger partial charge in [-0.1, -0.05) is 0 Å². The first kappa shape index (κ1) is 13.0. The number of nitrogen functional groups attached to an aromatic ring is 1. The summed E-state index contributed by atoms with van der Waals surface area (Å²) in [7, 11) is 0. The van der Waals surface area contributed by atoms with E-state index in [1.165, 1.54) is 4.90 Å². The SMILES string of the molecule is Nc1ncc2c(F)c(F)c(N3CCCCC3)c(F)c2n1. The Labute approximate surface area is 113 Å². The van der Waals surface area contributed by atoms with E-state index in [2.05, 4.69) is 9.97 Å². The summed E-state index contributed by atoms with van der Waals surface area (Å²) in [5, 5.41) is -0.296.